The minimum absolute atomic E-state index is 0.0263. The number of carbonyl (C=O) groups excluding carboxylic acids is 1. The summed E-state index contributed by atoms with van der Waals surface area (Å²) in [4.78, 5) is 29.5. The lowest BCUT2D eigenvalue weighted by atomic mass is 10.0. The van der Waals surface area contributed by atoms with Crippen LogP contribution in [-0.2, 0) is 15.1 Å². The topological polar surface area (TPSA) is 89.3 Å². The molecule has 0 bridgehead atoms. The second-order valence-electron chi connectivity index (χ2n) is 6.67. The molecule has 9 heteroatoms. The van der Waals surface area contributed by atoms with Gasteiger partial charge in [-0.25, -0.2) is 14.6 Å². The van der Waals surface area contributed by atoms with Gasteiger partial charge in [-0.3, -0.25) is 9.78 Å². The van der Waals surface area contributed by atoms with Gasteiger partial charge in [0.1, 0.15) is 30.0 Å². The van der Waals surface area contributed by atoms with E-state index in [2.05, 4.69) is 20.1 Å². The van der Waals surface area contributed by atoms with Gasteiger partial charge < -0.3 is 14.5 Å². The molecule has 1 unspecified atom stereocenters. The lowest BCUT2D eigenvalue weighted by molar-refractivity contribution is -0.147. The van der Waals surface area contributed by atoms with Crippen molar-refractivity contribution < 1.29 is 9.53 Å². The monoisotopic (exact) mass is 345 g/mol. The van der Waals surface area contributed by atoms with Crippen LogP contribution in [0.3, 0.4) is 0 Å². The molecule has 0 N–H and O–H groups in total. The first-order chi connectivity index (χ1) is 11.9. The van der Waals surface area contributed by atoms with E-state index in [1.165, 1.54) is 6.33 Å². The molecule has 0 saturated carbocycles. The molecule has 134 valence electrons. The highest BCUT2D eigenvalue weighted by Gasteiger charge is 2.38. The Morgan fingerprint density at radius 2 is 2.08 bits per heavy atom. The quantitative estimate of drug-likeness (QED) is 0.796. The highest BCUT2D eigenvalue weighted by Crippen LogP contribution is 2.28. The maximum atomic E-state index is 13.0. The molecule has 3 rings (SSSR count). The zero-order valence-electron chi connectivity index (χ0n) is 15.0. The van der Waals surface area contributed by atoms with Gasteiger partial charge in [-0.1, -0.05) is 0 Å². The summed E-state index contributed by atoms with van der Waals surface area (Å²) >= 11 is 0. The van der Waals surface area contributed by atoms with Crippen molar-refractivity contribution in [2.45, 2.75) is 25.5 Å². The van der Waals surface area contributed by atoms with Crippen LogP contribution in [0.15, 0.2) is 25.0 Å². The molecule has 1 amide bonds. The zero-order chi connectivity index (χ0) is 18.0. The standard InChI is InChI=1S/C16H23N7O2/c1-16(2,23-11-17-10-20-23)15(24)22-7-8-25-12(9-22)13-14(21(3)4)19-6-5-18-13/h5-6,10-12H,7-9H2,1-4H3. The summed E-state index contributed by atoms with van der Waals surface area (Å²) in [5, 5.41) is 4.12. The Morgan fingerprint density at radius 1 is 1.32 bits per heavy atom. The molecule has 1 saturated heterocycles. The lowest BCUT2D eigenvalue weighted by Crippen LogP contribution is -2.51. The van der Waals surface area contributed by atoms with Crippen molar-refractivity contribution in [1.82, 2.24) is 29.6 Å². The molecule has 1 atom stereocenters. The number of hydrogen-bond acceptors (Lipinski definition) is 7. The van der Waals surface area contributed by atoms with Crippen LogP contribution in [0.1, 0.15) is 25.6 Å². The largest absolute Gasteiger partial charge is 0.368 e. The van der Waals surface area contributed by atoms with Crippen LogP contribution in [0.4, 0.5) is 5.82 Å². The molecule has 0 aromatic carbocycles. The Hall–Kier alpha value is -2.55. The van der Waals surface area contributed by atoms with Crippen molar-refractivity contribution in [3.05, 3.63) is 30.7 Å². The fourth-order valence-electron chi connectivity index (χ4n) is 2.89. The normalized spacial score (nSPS) is 18.2. The fourth-order valence-corrected chi connectivity index (χ4v) is 2.89. The number of nitrogens with zero attached hydrogens (tertiary/aromatic N) is 7. The van der Waals surface area contributed by atoms with Gasteiger partial charge >= 0.3 is 0 Å². The van der Waals surface area contributed by atoms with Gasteiger partial charge in [0.05, 0.1) is 13.2 Å². The third-order valence-corrected chi connectivity index (χ3v) is 4.30. The Balaban J connectivity index is 1.81. The Bertz CT molecular complexity index is 730. The second kappa shape index (κ2) is 6.75. The molecule has 9 nitrogen and oxygen atoms in total. The van der Waals surface area contributed by atoms with Gasteiger partial charge in [-0.05, 0) is 13.8 Å². The first kappa shape index (κ1) is 17.3. The molecule has 2 aromatic heterocycles. The third-order valence-electron chi connectivity index (χ3n) is 4.30. The number of rotatable bonds is 4. The van der Waals surface area contributed by atoms with Crippen LogP contribution in [0.5, 0.6) is 0 Å². The van der Waals surface area contributed by atoms with Crippen molar-refractivity contribution in [2.75, 3.05) is 38.7 Å². The summed E-state index contributed by atoms with van der Waals surface area (Å²) in [6, 6.07) is 0. The van der Waals surface area contributed by atoms with Gasteiger partial charge in [-0.15, -0.1) is 0 Å². The number of anilines is 1. The van der Waals surface area contributed by atoms with E-state index in [1.807, 2.05) is 32.8 Å². The molecule has 0 radical (unpaired) electrons. The summed E-state index contributed by atoms with van der Waals surface area (Å²) in [7, 11) is 3.82. The van der Waals surface area contributed by atoms with Crippen LogP contribution in [0.25, 0.3) is 0 Å². The Labute approximate surface area is 146 Å². The average molecular weight is 345 g/mol. The second-order valence-corrected chi connectivity index (χ2v) is 6.67. The molecule has 1 aliphatic heterocycles. The highest BCUT2D eigenvalue weighted by atomic mass is 16.5. The van der Waals surface area contributed by atoms with E-state index < -0.39 is 5.54 Å². The first-order valence-electron chi connectivity index (χ1n) is 8.15. The van der Waals surface area contributed by atoms with Crippen molar-refractivity contribution in [3.63, 3.8) is 0 Å². The summed E-state index contributed by atoms with van der Waals surface area (Å²) in [6.45, 7) is 5.08. The molecule has 25 heavy (non-hydrogen) atoms. The number of carbonyl (C=O) groups is 1. The van der Waals surface area contributed by atoms with E-state index in [-0.39, 0.29) is 12.0 Å². The van der Waals surface area contributed by atoms with Crippen LogP contribution < -0.4 is 4.90 Å². The Morgan fingerprint density at radius 3 is 2.76 bits per heavy atom. The van der Waals surface area contributed by atoms with Gasteiger partial charge in [0, 0.05) is 33.0 Å². The molecule has 0 spiro atoms. The van der Waals surface area contributed by atoms with Crippen LogP contribution in [-0.4, -0.2) is 69.3 Å². The number of hydrogen-bond donors (Lipinski definition) is 0. The van der Waals surface area contributed by atoms with Crippen LogP contribution >= 0.6 is 0 Å². The molecular weight excluding hydrogens is 322 g/mol. The Kier molecular flexibility index (Phi) is 4.67. The number of ether oxygens (including phenoxy) is 1. The van der Waals surface area contributed by atoms with E-state index in [9.17, 15) is 4.79 Å². The van der Waals surface area contributed by atoms with E-state index >= 15 is 0 Å². The maximum absolute atomic E-state index is 13.0. The minimum Gasteiger partial charge on any atom is -0.368 e. The SMILES string of the molecule is CN(C)c1nccnc1C1CN(C(=O)C(C)(C)n2cncn2)CCO1. The van der Waals surface area contributed by atoms with Crippen molar-refractivity contribution in [1.29, 1.82) is 0 Å². The van der Waals surface area contributed by atoms with Crippen LogP contribution in [0, 0.1) is 0 Å². The lowest BCUT2D eigenvalue weighted by Gasteiger charge is -2.37. The van der Waals surface area contributed by atoms with Gasteiger partial charge in [0.2, 0.25) is 5.91 Å². The number of aromatic nitrogens is 5. The van der Waals surface area contributed by atoms with E-state index in [4.69, 9.17) is 4.74 Å². The molecule has 0 aliphatic carbocycles. The maximum Gasteiger partial charge on any atom is 0.250 e. The summed E-state index contributed by atoms with van der Waals surface area (Å²) in [5.41, 5.74) is -0.0749. The van der Waals surface area contributed by atoms with E-state index in [0.717, 1.165) is 11.5 Å². The molecule has 1 fully saturated rings. The van der Waals surface area contributed by atoms with Crippen molar-refractivity contribution in [3.8, 4) is 0 Å². The van der Waals surface area contributed by atoms with Crippen molar-refractivity contribution >= 4 is 11.7 Å². The molecule has 1 aliphatic rings. The van der Waals surface area contributed by atoms with Crippen LogP contribution in [0.2, 0.25) is 0 Å². The highest BCUT2D eigenvalue weighted by molar-refractivity contribution is 5.83. The molecule has 2 aromatic rings. The predicted octanol–water partition coefficient (Wildman–Crippen LogP) is 0.469. The van der Waals surface area contributed by atoms with Gasteiger partial charge in [0.25, 0.3) is 0 Å². The zero-order valence-corrected chi connectivity index (χ0v) is 15.0. The number of morpholine rings is 1. The van der Waals surface area contributed by atoms with Gasteiger partial charge in [0.15, 0.2) is 5.82 Å². The van der Waals surface area contributed by atoms with E-state index in [1.54, 1.807) is 28.3 Å². The number of amides is 1. The smallest absolute Gasteiger partial charge is 0.250 e. The van der Waals surface area contributed by atoms with E-state index in [0.29, 0.717) is 19.7 Å². The average Bonchev–Trinajstić information content (AvgIpc) is 3.16. The van der Waals surface area contributed by atoms with Crippen molar-refractivity contribution in [2.24, 2.45) is 0 Å². The fraction of sp³-hybridized carbons (Fsp3) is 0.562. The summed E-state index contributed by atoms with van der Waals surface area (Å²) < 4.78 is 7.46. The van der Waals surface area contributed by atoms with Gasteiger partial charge in [-0.2, -0.15) is 5.10 Å². The molecular formula is C16H23N7O2. The summed E-state index contributed by atoms with van der Waals surface area (Å²) in [5.74, 6) is 0.721. The minimum atomic E-state index is -0.814. The first-order valence-corrected chi connectivity index (χ1v) is 8.15. The molecule has 3 heterocycles. The third kappa shape index (κ3) is 3.32. The predicted molar refractivity (Wildman–Crippen MR) is 91.0 cm³/mol. The summed E-state index contributed by atoms with van der Waals surface area (Å²) in [6.07, 6.45) is 5.97.